The second kappa shape index (κ2) is 13.8. The molecule has 0 saturated carbocycles. The van der Waals surface area contributed by atoms with Crippen molar-refractivity contribution >= 4 is 40.3 Å². The summed E-state index contributed by atoms with van der Waals surface area (Å²) in [7, 11) is 0. The highest BCUT2D eigenvalue weighted by Crippen LogP contribution is 2.30. The van der Waals surface area contributed by atoms with Gasteiger partial charge in [-0.05, 0) is 57.7 Å². The molecule has 0 aliphatic carbocycles. The molecule has 2 aromatic heterocycles. The highest BCUT2D eigenvalue weighted by atomic mass is 19.3. The number of aromatic nitrogens is 4. The van der Waals surface area contributed by atoms with Gasteiger partial charge in [0.05, 0.1) is 36.5 Å². The van der Waals surface area contributed by atoms with Crippen molar-refractivity contribution in [3.8, 4) is 5.95 Å². The first-order chi connectivity index (χ1) is 23.0. The number of nitrogens with one attached hydrogen (secondary N) is 1. The van der Waals surface area contributed by atoms with Crippen LogP contribution in [-0.2, 0) is 19.1 Å². The molecule has 13 nitrogen and oxygen atoms in total. The lowest BCUT2D eigenvalue weighted by molar-refractivity contribution is -0.133. The number of ether oxygens (including phenoxy) is 2. The number of halogens is 2. The molecule has 3 amide bonds. The van der Waals surface area contributed by atoms with Gasteiger partial charge in [-0.25, -0.2) is 23.5 Å². The van der Waals surface area contributed by atoms with Gasteiger partial charge in [-0.2, -0.15) is 4.98 Å². The Labute approximate surface area is 276 Å². The Kier molecular flexibility index (Phi) is 9.58. The van der Waals surface area contributed by atoms with Gasteiger partial charge in [-0.15, -0.1) is 0 Å². The molecule has 256 valence electrons. The van der Waals surface area contributed by atoms with E-state index >= 15 is 0 Å². The Balaban J connectivity index is 1.18. The van der Waals surface area contributed by atoms with Crippen LogP contribution in [0.2, 0.25) is 0 Å². The molecular formula is C33H40F2N8O5. The van der Waals surface area contributed by atoms with Crippen molar-refractivity contribution in [2.75, 3.05) is 57.4 Å². The van der Waals surface area contributed by atoms with Gasteiger partial charge in [0.2, 0.25) is 17.8 Å². The van der Waals surface area contributed by atoms with Gasteiger partial charge in [-0.3, -0.25) is 19.1 Å². The largest absolute Gasteiger partial charge is 0.444 e. The molecule has 5 heterocycles. The lowest BCUT2D eigenvalue weighted by atomic mass is 10.0. The monoisotopic (exact) mass is 666 g/mol. The van der Waals surface area contributed by atoms with Gasteiger partial charge < -0.3 is 24.6 Å². The molecule has 48 heavy (non-hydrogen) atoms. The molecule has 1 atom stereocenters. The number of anilines is 1. The Morgan fingerprint density at radius 3 is 2.54 bits per heavy atom. The van der Waals surface area contributed by atoms with E-state index in [0.29, 0.717) is 81.2 Å². The molecule has 0 bridgehead atoms. The van der Waals surface area contributed by atoms with E-state index in [1.807, 2.05) is 17.0 Å². The number of carbonyl (C=O) groups is 3. The summed E-state index contributed by atoms with van der Waals surface area (Å²) in [6.45, 7) is 8.37. The first-order valence-corrected chi connectivity index (χ1v) is 16.2. The Hall–Kier alpha value is -4.66. The number of para-hydroxylation sites is 2. The standard InChI is InChI=1S/C33H40F2N8O5/c1-33(2,3)48-32(46)42-12-6-9-25(42)30(45)36-20-27(44)41-13-10-21(11-14-41)23-19-26(40-15-17-47-18-16-40)39-31(38-23)43-24-8-5-4-7-22(24)37-29(43)28(34)35/h4-5,7-8,10,19,25,28H,6,9,11-18,20H2,1-3H3,(H,36,45)/t25-/m0/s1. The minimum atomic E-state index is -2.85. The maximum absolute atomic E-state index is 14.2. The number of likely N-dealkylation sites (tertiary alicyclic amines) is 1. The van der Waals surface area contributed by atoms with E-state index in [1.165, 1.54) is 9.47 Å². The van der Waals surface area contributed by atoms with Gasteiger partial charge in [0.1, 0.15) is 17.5 Å². The van der Waals surface area contributed by atoms with E-state index < -0.39 is 30.0 Å². The predicted molar refractivity (Wildman–Crippen MR) is 173 cm³/mol. The molecule has 3 aliphatic heterocycles. The van der Waals surface area contributed by atoms with Crippen LogP contribution in [0.1, 0.15) is 58.0 Å². The summed E-state index contributed by atoms with van der Waals surface area (Å²) in [5.74, 6) is -0.411. The molecule has 2 fully saturated rings. The third-order valence-corrected chi connectivity index (χ3v) is 8.51. The van der Waals surface area contributed by atoms with Crippen molar-refractivity contribution in [3.05, 3.63) is 47.9 Å². The Bertz CT molecular complexity index is 1720. The third kappa shape index (κ3) is 7.25. The fraction of sp³-hybridized carbons (Fsp3) is 0.515. The van der Waals surface area contributed by atoms with Crippen molar-refractivity contribution in [1.82, 2.24) is 34.6 Å². The minimum Gasteiger partial charge on any atom is -0.444 e. The molecule has 6 rings (SSSR count). The van der Waals surface area contributed by atoms with Crippen LogP contribution in [0, 0.1) is 0 Å². The Morgan fingerprint density at radius 1 is 1.06 bits per heavy atom. The zero-order valence-electron chi connectivity index (χ0n) is 27.3. The smallest absolute Gasteiger partial charge is 0.410 e. The predicted octanol–water partition coefficient (Wildman–Crippen LogP) is 3.72. The highest BCUT2D eigenvalue weighted by molar-refractivity contribution is 5.90. The molecule has 2 saturated heterocycles. The molecule has 15 heteroatoms. The number of amides is 3. The molecule has 1 N–H and O–H groups in total. The lowest BCUT2D eigenvalue weighted by Crippen LogP contribution is -2.50. The number of nitrogens with zero attached hydrogens (tertiary/aromatic N) is 7. The van der Waals surface area contributed by atoms with E-state index in [-0.39, 0.29) is 30.9 Å². The number of imidazole rings is 1. The number of fused-ring (bicyclic) bond motifs is 1. The van der Waals surface area contributed by atoms with E-state index in [4.69, 9.17) is 19.4 Å². The zero-order valence-corrected chi connectivity index (χ0v) is 27.3. The maximum Gasteiger partial charge on any atom is 0.410 e. The van der Waals surface area contributed by atoms with Crippen LogP contribution >= 0.6 is 0 Å². The summed E-state index contributed by atoms with van der Waals surface area (Å²) >= 11 is 0. The summed E-state index contributed by atoms with van der Waals surface area (Å²) in [4.78, 5) is 57.4. The number of alkyl halides is 2. The number of hydrogen-bond acceptors (Lipinski definition) is 9. The van der Waals surface area contributed by atoms with Crippen LogP contribution in [-0.4, -0.2) is 111 Å². The molecule has 3 aliphatic rings. The number of morpholine rings is 1. The fourth-order valence-corrected chi connectivity index (χ4v) is 6.14. The summed E-state index contributed by atoms with van der Waals surface area (Å²) < 4.78 is 40.7. The second-order valence-electron chi connectivity index (χ2n) is 13.0. The van der Waals surface area contributed by atoms with Gasteiger partial charge >= 0.3 is 6.09 Å². The van der Waals surface area contributed by atoms with Crippen LogP contribution in [0.25, 0.3) is 22.6 Å². The molecule has 3 aromatic rings. The van der Waals surface area contributed by atoms with E-state index in [0.717, 1.165) is 5.57 Å². The average Bonchev–Trinajstić information content (AvgIpc) is 3.73. The van der Waals surface area contributed by atoms with Crippen LogP contribution in [0.3, 0.4) is 0 Å². The molecule has 0 spiro atoms. The van der Waals surface area contributed by atoms with Gasteiger partial charge in [0.15, 0.2) is 5.82 Å². The fourth-order valence-electron chi connectivity index (χ4n) is 6.14. The van der Waals surface area contributed by atoms with Crippen LogP contribution in [0.15, 0.2) is 36.4 Å². The minimum absolute atomic E-state index is 0.0902. The molecule has 0 unspecified atom stereocenters. The van der Waals surface area contributed by atoms with Crippen molar-refractivity contribution in [2.45, 2.75) is 58.1 Å². The van der Waals surface area contributed by atoms with Gasteiger partial charge in [0.25, 0.3) is 6.43 Å². The number of hydrogen-bond donors (Lipinski definition) is 1. The van der Waals surface area contributed by atoms with E-state index in [2.05, 4.69) is 10.3 Å². The van der Waals surface area contributed by atoms with E-state index in [1.54, 1.807) is 49.9 Å². The summed E-state index contributed by atoms with van der Waals surface area (Å²) in [5, 5.41) is 2.70. The van der Waals surface area contributed by atoms with E-state index in [9.17, 15) is 23.2 Å². The maximum atomic E-state index is 14.2. The van der Waals surface area contributed by atoms with Crippen molar-refractivity contribution < 1.29 is 32.6 Å². The van der Waals surface area contributed by atoms with Crippen molar-refractivity contribution in [1.29, 1.82) is 0 Å². The zero-order chi connectivity index (χ0) is 34.0. The summed E-state index contributed by atoms with van der Waals surface area (Å²) in [6, 6.07) is 8.04. The topological polar surface area (TPSA) is 135 Å². The van der Waals surface area contributed by atoms with Crippen molar-refractivity contribution in [3.63, 3.8) is 0 Å². The van der Waals surface area contributed by atoms with Gasteiger partial charge in [-0.1, -0.05) is 18.2 Å². The Morgan fingerprint density at radius 2 is 1.83 bits per heavy atom. The molecule has 1 aromatic carbocycles. The third-order valence-electron chi connectivity index (χ3n) is 8.51. The SMILES string of the molecule is CC(C)(C)OC(=O)N1CCC[C@H]1C(=O)NCC(=O)N1CC=C(c2cc(N3CCOCC3)nc(-n3c(C(F)F)nc4ccccc43)n2)CC1. The normalized spacial score (nSPS) is 18.8. The van der Waals surface area contributed by atoms with Crippen LogP contribution in [0.4, 0.5) is 19.4 Å². The summed E-state index contributed by atoms with van der Waals surface area (Å²) in [5.41, 5.74) is 1.63. The van der Waals surface area contributed by atoms with Gasteiger partial charge in [0, 0.05) is 38.8 Å². The lowest BCUT2D eigenvalue weighted by Gasteiger charge is -2.30. The quantitative estimate of drug-likeness (QED) is 0.401. The first kappa shape index (κ1) is 33.2. The average molecular weight is 667 g/mol. The number of rotatable bonds is 7. The first-order valence-electron chi connectivity index (χ1n) is 16.2. The second-order valence-corrected chi connectivity index (χ2v) is 13.0. The number of benzene rings is 1. The van der Waals surface area contributed by atoms with Crippen LogP contribution < -0.4 is 10.2 Å². The highest BCUT2D eigenvalue weighted by Gasteiger charge is 2.37. The molecular weight excluding hydrogens is 626 g/mol. The number of carbonyl (C=O) groups excluding carboxylic acids is 3. The van der Waals surface area contributed by atoms with Crippen LogP contribution in [0.5, 0.6) is 0 Å². The van der Waals surface area contributed by atoms with Crippen molar-refractivity contribution in [2.24, 2.45) is 0 Å². The summed E-state index contributed by atoms with van der Waals surface area (Å²) in [6.07, 6.45) is 0.121. The molecule has 0 radical (unpaired) electrons.